The molecule has 1 aromatic heterocycles. The number of nitrogens with zero attached hydrogens (tertiary/aromatic N) is 3. The van der Waals surface area contributed by atoms with Crippen molar-refractivity contribution in [3.8, 4) is 0 Å². The van der Waals surface area contributed by atoms with Crippen LogP contribution < -0.4 is 0 Å². The van der Waals surface area contributed by atoms with E-state index < -0.39 is 5.60 Å². The Balaban J connectivity index is 1.70. The molecule has 1 aliphatic heterocycles. The third-order valence-electron chi connectivity index (χ3n) is 4.49. The highest BCUT2D eigenvalue weighted by Crippen LogP contribution is 2.38. The number of esters is 1. The van der Waals surface area contributed by atoms with Crippen LogP contribution in [0, 0.1) is 0 Å². The summed E-state index contributed by atoms with van der Waals surface area (Å²) in [6.07, 6.45) is 5.24. The summed E-state index contributed by atoms with van der Waals surface area (Å²) in [5.41, 5.74) is -0.465. The molecule has 2 fully saturated rings. The summed E-state index contributed by atoms with van der Waals surface area (Å²) < 4.78 is 11.0. The summed E-state index contributed by atoms with van der Waals surface area (Å²) in [5.74, 6) is 1.76. The smallest absolute Gasteiger partial charge is 0.323 e. The molecule has 3 rings (SSSR count). The largest absolute Gasteiger partial charge is 0.459 e. The second kappa shape index (κ2) is 6.23. The number of rotatable bonds is 4. The van der Waals surface area contributed by atoms with Crippen LogP contribution in [0.3, 0.4) is 0 Å². The van der Waals surface area contributed by atoms with Crippen molar-refractivity contribution in [3.63, 3.8) is 0 Å². The normalized spacial score (nSPS) is 26.3. The molecule has 0 N–H and O–H groups in total. The quantitative estimate of drug-likeness (QED) is 0.794. The summed E-state index contributed by atoms with van der Waals surface area (Å²) in [5, 5.41) is 4.07. The number of likely N-dealkylation sites (tertiary alicyclic amines) is 1. The Hall–Kier alpha value is -1.43. The Labute approximate surface area is 137 Å². The third kappa shape index (κ3) is 4.10. The molecule has 128 valence electrons. The van der Waals surface area contributed by atoms with Gasteiger partial charge >= 0.3 is 5.97 Å². The highest BCUT2D eigenvalue weighted by molar-refractivity contribution is 5.76. The SMILES string of the molecule is C[C@@H]1CCC[C@H](C(=O)OC(C)(C)C)N1Cc1nc(C2CC2)no1. The van der Waals surface area contributed by atoms with Gasteiger partial charge in [-0.2, -0.15) is 4.98 Å². The topological polar surface area (TPSA) is 68.5 Å². The molecule has 0 radical (unpaired) electrons. The minimum Gasteiger partial charge on any atom is -0.459 e. The van der Waals surface area contributed by atoms with E-state index in [9.17, 15) is 4.79 Å². The van der Waals surface area contributed by atoms with E-state index in [-0.39, 0.29) is 12.0 Å². The van der Waals surface area contributed by atoms with Gasteiger partial charge in [0.2, 0.25) is 5.89 Å². The zero-order valence-electron chi connectivity index (χ0n) is 14.5. The van der Waals surface area contributed by atoms with Gasteiger partial charge in [0.05, 0.1) is 6.54 Å². The molecule has 1 saturated heterocycles. The second-order valence-electron chi connectivity index (χ2n) is 7.82. The molecule has 1 aromatic rings. The first-order valence-corrected chi connectivity index (χ1v) is 8.64. The van der Waals surface area contributed by atoms with Gasteiger partial charge in [-0.25, -0.2) is 0 Å². The summed E-state index contributed by atoms with van der Waals surface area (Å²) in [4.78, 5) is 19.2. The number of aromatic nitrogens is 2. The standard InChI is InChI=1S/C17H27N3O3/c1-11-6-5-7-13(16(21)22-17(2,3)4)20(11)10-14-18-15(19-23-14)12-8-9-12/h11-13H,5-10H2,1-4H3/t11-,13-/m1/s1. The molecule has 1 aliphatic carbocycles. The van der Waals surface area contributed by atoms with Crippen molar-refractivity contribution >= 4 is 5.97 Å². The fourth-order valence-corrected chi connectivity index (χ4v) is 3.13. The molecular formula is C17H27N3O3. The van der Waals surface area contributed by atoms with E-state index in [0.29, 0.717) is 24.4 Å². The van der Waals surface area contributed by atoms with Crippen molar-refractivity contribution in [2.24, 2.45) is 0 Å². The van der Waals surface area contributed by atoms with Gasteiger partial charge in [-0.3, -0.25) is 9.69 Å². The molecule has 0 aromatic carbocycles. The average molecular weight is 321 g/mol. The van der Waals surface area contributed by atoms with Crippen molar-refractivity contribution in [3.05, 3.63) is 11.7 Å². The first-order chi connectivity index (χ1) is 10.8. The molecule has 2 heterocycles. The van der Waals surface area contributed by atoms with Gasteiger partial charge in [0, 0.05) is 12.0 Å². The van der Waals surface area contributed by atoms with Crippen LogP contribution in [0.25, 0.3) is 0 Å². The zero-order chi connectivity index (χ0) is 16.6. The number of hydrogen-bond donors (Lipinski definition) is 0. The fourth-order valence-electron chi connectivity index (χ4n) is 3.13. The Morgan fingerprint density at radius 1 is 1.30 bits per heavy atom. The Bertz CT molecular complexity index is 560. The lowest BCUT2D eigenvalue weighted by atomic mass is 9.96. The monoisotopic (exact) mass is 321 g/mol. The van der Waals surface area contributed by atoms with Gasteiger partial charge in [-0.05, 0) is 59.8 Å². The number of carbonyl (C=O) groups is 1. The molecule has 0 spiro atoms. The van der Waals surface area contributed by atoms with Crippen LogP contribution >= 0.6 is 0 Å². The first-order valence-electron chi connectivity index (χ1n) is 8.64. The van der Waals surface area contributed by atoms with Crippen LogP contribution in [0.1, 0.15) is 77.4 Å². The number of hydrogen-bond acceptors (Lipinski definition) is 6. The average Bonchev–Trinajstić information content (AvgIpc) is 3.19. The first kappa shape index (κ1) is 16.4. The lowest BCUT2D eigenvalue weighted by Crippen LogP contribution is -2.50. The van der Waals surface area contributed by atoms with Crippen LogP contribution in [0.15, 0.2) is 4.52 Å². The van der Waals surface area contributed by atoms with Crippen molar-refractivity contribution in [1.82, 2.24) is 15.0 Å². The van der Waals surface area contributed by atoms with Crippen molar-refractivity contribution in [1.29, 1.82) is 0 Å². The molecule has 23 heavy (non-hydrogen) atoms. The lowest BCUT2D eigenvalue weighted by Gasteiger charge is -2.39. The van der Waals surface area contributed by atoms with E-state index in [0.717, 1.165) is 37.9 Å². The molecule has 0 amide bonds. The van der Waals surface area contributed by atoms with Crippen molar-refractivity contribution in [2.75, 3.05) is 0 Å². The van der Waals surface area contributed by atoms with Crippen LogP contribution in [0.2, 0.25) is 0 Å². The van der Waals surface area contributed by atoms with Gasteiger partial charge in [-0.15, -0.1) is 0 Å². The van der Waals surface area contributed by atoms with Crippen molar-refractivity contribution < 1.29 is 14.1 Å². The van der Waals surface area contributed by atoms with Crippen LogP contribution in [-0.4, -0.2) is 38.7 Å². The lowest BCUT2D eigenvalue weighted by molar-refractivity contribution is -0.164. The maximum absolute atomic E-state index is 12.6. The summed E-state index contributed by atoms with van der Waals surface area (Å²) in [7, 11) is 0. The van der Waals surface area contributed by atoms with Gasteiger partial charge in [-0.1, -0.05) is 5.16 Å². The molecule has 1 saturated carbocycles. The molecule has 0 bridgehead atoms. The second-order valence-corrected chi connectivity index (χ2v) is 7.82. The van der Waals surface area contributed by atoms with E-state index in [1.54, 1.807) is 0 Å². The minimum absolute atomic E-state index is 0.147. The molecule has 2 aliphatic rings. The summed E-state index contributed by atoms with van der Waals surface area (Å²) in [6, 6.07) is 0.0757. The fraction of sp³-hybridized carbons (Fsp3) is 0.824. The summed E-state index contributed by atoms with van der Waals surface area (Å²) >= 11 is 0. The molecular weight excluding hydrogens is 294 g/mol. The number of ether oxygens (including phenoxy) is 1. The molecule has 2 atom stereocenters. The van der Waals surface area contributed by atoms with E-state index in [1.165, 1.54) is 0 Å². The highest BCUT2D eigenvalue weighted by Gasteiger charge is 2.37. The van der Waals surface area contributed by atoms with Gasteiger partial charge in [0.25, 0.3) is 0 Å². The highest BCUT2D eigenvalue weighted by atomic mass is 16.6. The predicted molar refractivity (Wildman–Crippen MR) is 84.8 cm³/mol. The van der Waals surface area contributed by atoms with Gasteiger partial charge in [0.15, 0.2) is 5.82 Å². The Morgan fingerprint density at radius 2 is 2.04 bits per heavy atom. The maximum atomic E-state index is 12.6. The van der Waals surface area contributed by atoms with E-state index >= 15 is 0 Å². The summed E-state index contributed by atoms with van der Waals surface area (Å²) in [6.45, 7) is 8.38. The molecule has 0 unspecified atom stereocenters. The van der Waals surface area contributed by atoms with Crippen LogP contribution in [0.5, 0.6) is 0 Å². The number of piperidine rings is 1. The Kier molecular flexibility index (Phi) is 4.45. The zero-order valence-corrected chi connectivity index (χ0v) is 14.5. The maximum Gasteiger partial charge on any atom is 0.323 e. The van der Waals surface area contributed by atoms with E-state index in [4.69, 9.17) is 9.26 Å². The Morgan fingerprint density at radius 3 is 2.70 bits per heavy atom. The van der Waals surface area contributed by atoms with Gasteiger partial charge in [0.1, 0.15) is 11.6 Å². The van der Waals surface area contributed by atoms with E-state index in [1.807, 2.05) is 20.8 Å². The van der Waals surface area contributed by atoms with Crippen LogP contribution in [0.4, 0.5) is 0 Å². The van der Waals surface area contributed by atoms with E-state index in [2.05, 4.69) is 22.0 Å². The number of carbonyl (C=O) groups excluding carboxylic acids is 1. The molecule has 6 nitrogen and oxygen atoms in total. The van der Waals surface area contributed by atoms with Crippen LogP contribution in [-0.2, 0) is 16.1 Å². The third-order valence-corrected chi connectivity index (χ3v) is 4.49. The predicted octanol–water partition coefficient (Wildman–Crippen LogP) is 3.03. The minimum atomic E-state index is -0.465. The molecule has 6 heteroatoms. The van der Waals surface area contributed by atoms with Crippen molar-refractivity contribution in [2.45, 2.75) is 89.9 Å². The van der Waals surface area contributed by atoms with Gasteiger partial charge < -0.3 is 9.26 Å².